The second kappa shape index (κ2) is 6.09. The van der Waals surface area contributed by atoms with E-state index in [1.165, 1.54) is 12.4 Å². The highest BCUT2D eigenvalue weighted by Crippen LogP contribution is 2.30. The number of nitrogens with one attached hydrogen (secondary N) is 2. The highest BCUT2D eigenvalue weighted by molar-refractivity contribution is 5.99. The minimum atomic E-state index is -4.69. The van der Waals surface area contributed by atoms with Crippen molar-refractivity contribution in [3.8, 4) is 0 Å². The van der Waals surface area contributed by atoms with Gasteiger partial charge in [0, 0.05) is 37.9 Å². The number of carbonyl (C=O) groups is 1. The average Bonchev–Trinajstić information content (AvgIpc) is 3.32. The Morgan fingerprint density at radius 2 is 2.12 bits per heavy atom. The van der Waals surface area contributed by atoms with Crippen molar-refractivity contribution < 1.29 is 18.0 Å². The first-order valence-electron chi connectivity index (χ1n) is 7.85. The van der Waals surface area contributed by atoms with Crippen LogP contribution in [0.2, 0.25) is 0 Å². The van der Waals surface area contributed by atoms with Crippen LogP contribution in [0.5, 0.6) is 0 Å². The van der Waals surface area contributed by atoms with Gasteiger partial charge in [0.25, 0.3) is 5.91 Å². The average molecular weight is 365 g/mol. The standard InChI is InChI=1S/C15H14F3N7O/c16-15(17,18)14-23-12(11-8-19-3-5-24(11)14)13(26)22-9-6-20-7-10(9)25-4-1-2-21-25/h1-5,8-10,20H,6-7H2,(H,22,26)/t9-,10+/m1/s1. The highest BCUT2D eigenvalue weighted by Gasteiger charge is 2.39. The Morgan fingerprint density at radius 3 is 2.85 bits per heavy atom. The molecule has 11 heteroatoms. The van der Waals surface area contributed by atoms with Crippen molar-refractivity contribution in [1.29, 1.82) is 0 Å². The van der Waals surface area contributed by atoms with Crippen LogP contribution in [0.3, 0.4) is 0 Å². The first kappa shape index (κ1) is 16.5. The van der Waals surface area contributed by atoms with Crippen molar-refractivity contribution in [2.45, 2.75) is 18.3 Å². The monoisotopic (exact) mass is 365 g/mol. The summed E-state index contributed by atoms with van der Waals surface area (Å²) in [5, 5.41) is 10.1. The summed E-state index contributed by atoms with van der Waals surface area (Å²) in [4.78, 5) is 20.0. The highest BCUT2D eigenvalue weighted by atomic mass is 19.4. The molecule has 8 nitrogen and oxygen atoms in total. The van der Waals surface area contributed by atoms with Crippen LogP contribution in [0, 0.1) is 0 Å². The van der Waals surface area contributed by atoms with Crippen LogP contribution >= 0.6 is 0 Å². The molecule has 0 aliphatic carbocycles. The predicted molar refractivity (Wildman–Crippen MR) is 83.4 cm³/mol. The van der Waals surface area contributed by atoms with Gasteiger partial charge in [-0.05, 0) is 6.07 Å². The molecule has 0 spiro atoms. The van der Waals surface area contributed by atoms with Gasteiger partial charge in [-0.3, -0.25) is 18.9 Å². The second-order valence-corrected chi connectivity index (χ2v) is 5.90. The van der Waals surface area contributed by atoms with E-state index in [0.29, 0.717) is 13.1 Å². The number of rotatable bonds is 3. The Morgan fingerprint density at radius 1 is 1.27 bits per heavy atom. The Labute approximate surface area is 145 Å². The van der Waals surface area contributed by atoms with Crippen LogP contribution in [-0.2, 0) is 6.18 Å². The fourth-order valence-corrected chi connectivity index (χ4v) is 3.11. The lowest BCUT2D eigenvalue weighted by molar-refractivity contribution is -0.145. The van der Waals surface area contributed by atoms with Crippen LogP contribution < -0.4 is 10.6 Å². The lowest BCUT2D eigenvalue weighted by atomic mass is 10.1. The van der Waals surface area contributed by atoms with E-state index in [2.05, 4.69) is 25.7 Å². The molecule has 136 valence electrons. The van der Waals surface area contributed by atoms with E-state index in [1.807, 2.05) is 0 Å². The molecule has 1 aliphatic rings. The van der Waals surface area contributed by atoms with Gasteiger partial charge in [-0.1, -0.05) is 0 Å². The number of carbonyl (C=O) groups excluding carboxylic acids is 1. The number of amides is 1. The van der Waals surface area contributed by atoms with Crippen molar-refractivity contribution in [3.05, 3.63) is 48.6 Å². The Hall–Kier alpha value is -2.95. The van der Waals surface area contributed by atoms with Gasteiger partial charge in [-0.2, -0.15) is 18.3 Å². The van der Waals surface area contributed by atoms with Gasteiger partial charge < -0.3 is 10.6 Å². The van der Waals surface area contributed by atoms with E-state index in [1.54, 1.807) is 23.1 Å². The third kappa shape index (κ3) is 2.79. The maximum atomic E-state index is 13.2. The number of nitrogens with zero attached hydrogens (tertiary/aromatic N) is 5. The molecule has 4 rings (SSSR count). The van der Waals surface area contributed by atoms with Crippen molar-refractivity contribution in [2.24, 2.45) is 0 Å². The fraction of sp³-hybridized carbons (Fsp3) is 0.333. The van der Waals surface area contributed by atoms with Crippen LogP contribution in [0.4, 0.5) is 13.2 Å². The normalized spacial score (nSPS) is 20.6. The summed E-state index contributed by atoms with van der Waals surface area (Å²) >= 11 is 0. The van der Waals surface area contributed by atoms with Crippen LogP contribution in [0.1, 0.15) is 22.4 Å². The van der Waals surface area contributed by atoms with Crippen LogP contribution in [-0.4, -0.2) is 49.2 Å². The Bertz CT molecular complexity index is 935. The Balaban J connectivity index is 1.65. The van der Waals surface area contributed by atoms with E-state index in [9.17, 15) is 18.0 Å². The SMILES string of the molecule is O=C(N[C@@H]1CNC[C@@H]1n1cccn1)c1nc(C(F)(F)F)n2ccncc12. The maximum Gasteiger partial charge on any atom is 0.450 e. The van der Waals surface area contributed by atoms with Crippen LogP contribution in [0.25, 0.3) is 5.52 Å². The van der Waals surface area contributed by atoms with E-state index in [0.717, 1.165) is 10.6 Å². The molecule has 0 saturated carbocycles. The second-order valence-electron chi connectivity index (χ2n) is 5.90. The lowest BCUT2D eigenvalue weighted by Gasteiger charge is -2.20. The summed E-state index contributed by atoms with van der Waals surface area (Å²) in [6.07, 6.45) is 2.24. The zero-order chi connectivity index (χ0) is 18.3. The van der Waals surface area contributed by atoms with Crippen molar-refractivity contribution >= 4 is 11.4 Å². The molecule has 2 N–H and O–H groups in total. The van der Waals surface area contributed by atoms with E-state index in [4.69, 9.17) is 0 Å². The maximum absolute atomic E-state index is 13.2. The summed E-state index contributed by atoms with van der Waals surface area (Å²) < 4.78 is 42.1. The molecular weight excluding hydrogens is 351 g/mol. The first-order valence-corrected chi connectivity index (χ1v) is 7.85. The van der Waals surface area contributed by atoms with E-state index >= 15 is 0 Å². The summed E-state index contributed by atoms with van der Waals surface area (Å²) in [5.41, 5.74) is -0.310. The van der Waals surface area contributed by atoms with Crippen molar-refractivity contribution in [3.63, 3.8) is 0 Å². The molecule has 26 heavy (non-hydrogen) atoms. The molecule has 3 aromatic rings. The fourth-order valence-electron chi connectivity index (χ4n) is 3.11. The number of fused-ring (bicyclic) bond motifs is 1. The van der Waals surface area contributed by atoms with Crippen LogP contribution in [0.15, 0.2) is 37.1 Å². The quantitative estimate of drug-likeness (QED) is 0.720. The molecule has 0 bridgehead atoms. The zero-order valence-electron chi connectivity index (χ0n) is 13.3. The van der Waals surface area contributed by atoms with Gasteiger partial charge >= 0.3 is 6.18 Å². The first-order chi connectivity index (χ1) is 12.4. The number of hydrogen-bond donors (Lipinski definition) is 2. The number of halogens is 3. The smallest absolute Gasteiger partial charge is 0.344 e. The van der Waals surface area contributed by atoms with Gasteiger partial charge in [-0.15, -0.1) is 0 Å². The largest absolute Gasteiger partial charge is 0.450 e. The van der Waals surface area contributed by atoms with Gasteiger partial charge in [0.2, 0.25) is 5.82 Å². The lowest BCUT2D eigenvalue weighted by Crippen LogP contribution is -2.41. The number of alkyl halides is 3. The predicted octanol–water partition coefficient (Wildman–Crippen LogP) is 0.887. The third-order valence-electron chi connectivity index (χ3n) is 4.28. The molecular formula is C15H14F3N7O. The molecule has 1 saturated heterocycles. The number of hydrogen-bond acceptors (Lipinski definition) is 5. The minimum absolute atomic E-state index is 0.001000. The molecule has 0 aromatic carbocycles. The summed E-state index contributed by atoms with van der Waals surface area (Å²) in [6.45, 7) is 1.07. The molecule has 1 aliphatic heterocycles. The van der Waals surface area contributed by atoms with Gasteiger partial charge in [-0.25, -0.2) is 4.98 Å². The number of imidazole rings is 1. The van der Waals surface area contributed by atoms with Crippen molar-refractivity contribution in [1.82, 2.24) is 34.8 Å². The molecule has 0 radical (unpaired) electrons. The van der Waals surface area contributed by atoms with Gasteiger partial charge in [0.1, 0.15) is 0 Å². The van der Waals surface area contributed by atoms with E-state index < -0.39 is 17.9 Å². The molecule has 1 amide bonds. The van der Waals surface area contributed by atoms with Gasteiger partial charge in [0.05, 0.1) is 23.8 Å². The molecule has 3 aromatic heterocycles. The molecule has 2 atom stereocenters. The van der Waals surface area contributed by atoms with E-state index in [-0.39, 0.29) is 23.3 Å². The molecule has 1 fully saturated rings. The summed E-state index contributed by atoms with van der Waals surface area (Å²) in [6, 6.07) is 1.30. The molecule has 0 unspecified atom stereocenters. The summed E-state index contributed by atoms with van der Waals surface area (Å²) in [7, 11) is 0. The van der Waals surface area contributed by atoms with Gasteiger partial charge in [0.15, 0.2) is 5.69 Å². The Kier molecular flexibility index (Phi) is 3.87. The topological polar surface area (TPSA) is 89.1 Å². The minimum Gasteiger partial charge on any atom is -0.344 e. The summed E-state index contributed by atoms with van der Waals surface area (Å²) in [5.74, 6) is -1.84. The third-order valence-corrected chi connectivity index (χ3v) is 4.28. The molecule has 4 heterocycles. The number of aromatic nitrogens is 5. The van der Waals surface area contributed by atoms with Crippen molar-refractivity contribution in [2.75, 3.05) is 13.1 Å². The zero-order valence-corrected chi connectivity index (χ0v) is 13.3.